The maximum atomic E-state index is 10.2. The molecule has 0 bridgehead atoms. The van der Waals surface area contributed by atoms with Gasteiger partial charge in [0.25, 0.3) is 5.95 Å². The molecule has 4 aromatic rings. The van der Waals surface area contributed by atoms with E-state index in [1.165, 1.54) is 0 Å². The minimum atomic E-state index is 0.0821. The van der Waals surface area contributed by atoms with Gasteiger partial charge in [0.2, 0.25) is 0 Å². The topological polar surface area (TPSA) is 62.8 Å². The summed E-state index contributed by atoms with van der Waals surface area (Å²) in [5.41, 5.74) is 2.15. The summed E-state index contributed by atoms with van der Waals surface area (Å²) in [5.74, 6) is 0.497. The zero-order chi connectivity index (χ0) is 16.5. The van der Waals surface area contributed by atoms with Crippen LogP contribution in [-0.2, 0) is 0 Å². The third kappa shape index (κ3) is 2.23. The molecule has 0 radical (unpaired) electrons. The van der Waals surface area contributed by atoms with Gasteiger partial charge in [0.15, 0.2) is 0 Å². The van der Waals surface area contributed by atoms with Crippen LogP contribution >= 0.6 is 0 Å². The number of aromatic nitrogens is 2. The lowest BCUT2D eigenvalue weighted by Gasteiger charge is -2.03. The number of azo groups is 1. The average Bonchev–Trinajstić information content (AvgIpc) is 2.98. The van der Waals surface area contributed by atoms with Gasteiger partial charge in [-0.25, -0.2) is 4.98 Å². The van der Waals surface area contributed by atoms with Crippen molar-refractivity contribution >= 4 is 39.6 Å². The molecular formula is C19H14N4O. The summed E-state index contributed by atoms with van der Waals surface area (Å²) in [6.07, 6.45) is 1.65. The number of hydrogen-bond acceptors (Lipinski definition) is 4. The standard InChI is InChI=1S/C19H14N4O/c1-2-23-16-10-6-5-9-15(16)20-19(23)22-21-18-14-8-4-3-7-13(14)11-12-17(18)24/h2-12,24H,1H2. The molecule has 3 aromatic carbocycles. The number of benzene rings is 3. The molecule has 0 aliphatic carbocycles. The van der Waals surface area contributed by atoms with Gasteiger partial charge in [-0.05, 0) is 23.6 Å². The number of imidazole rings is 1. The maximum absolute atomic E-state index is 10.2. The Hall–Kier alpha value is -3.47. The molecule has 0 saturated heterocycles. The van der Waals surface area contributed by atoms with E-state index in [1.54, 1.807) is 16.8 Å². The van der Waals surface area contributed by atoms with Gasteiger partial charge < -0.3 is 5.11 Å². The van der Waals surface area contributed by atoms with Crippen molar-refractivity contribution in [2.24, 2.45) is 10.2 Å². The van der Waals surface area contributed by atoms with Gasteiger partial charge in [-0.2, -0.15) is 0 Å². The van der Waals surface area contributed by atoms with Crippen LogP contribution in [0.5, 0.6) is 5.75 Å². The van der Waals surface area contributed by atoms with Crippen LogP contribution in [0.4, 0.5) is 11.6 Å². The molecule has 1 aromatic heterocycles. The molecule has 0 amide bonds. The Morgan fingerprint density at radius 3 is 2.62 bits per heavy atom. The first kappa shape index (κ1) is 14.1. The molecule has 5 nitrogen and oxygen atoms in total. The minimum Gasteiger partial charge on any atom is -0.506 e. The lowest BCUT2D eigenvalue weighted by atomic mass is 10.1. The molecule has 0 atom stereocenters. The van der Waals surface area contributed by atoms with Gasteiger partial charge in [0.05, 0.1) is 11.0 Å². The van der Waals surface area contributed by atoms with E-state index in [0.29, 0.717) is 11.6 Å². The van der Waals surface area contributed by atoms with Crippen molar-refractivity contribution in [3.05, 3.63) is 67.2 Å². The second-order valence-corrected chi connectivity index (χ2v) is 5.31. The van der Waals surface area contributed by atoms with E-state index in [1.807, 2.05) is 54.6 Å². The van der Waals surface area contributed by atoms with Crippen LogP contribution in [0, 0.1) is 0 Å². The smallest absolute Gasteiger partial charge is 0.254 e. The molecule has 5 heteroatoms. The first-order chi connectivity index (χ1) is 11.8. The SMILES string of the molecule is C=Cn1c(N=Nc2c(O)ccc3ccccc23)nc2ccccc21. The van der Waals surface area contributed by atoms with E-state index in [-0.39, 0.29) is 5.75 Å². The molecule has 116 valence electrons. The van der Waals surface area contributed by atoms with Crippen LogP contribution in [0.2, 0.25) is 0 Å². The van der Waals surface area contributed by atoms with Gasteiger partial charge >= 0.3 is 0 Å². The molecule has 0 saturated carbocycles. The van der Waals surface area contributed by atoms with E-state index < -0.39 is 0 Å². The van der Waals surface area contributed by atoms with Crippen molar-refractivity contribution in [2.75, 3.05) is 0 Å². The number of phenolic OH excluding ortho intramolecular Hbond substituents is 1. The Labute approximate surface area is 138 Å². The zero-order valence-electron chi connectivity index (χ0n) is 12.8. The number of phenols is 1. The molecule has 24 heavy (non-hydrogen) atoms. The van der Waals surface area contributed by atoms with Crippen molar-refractivity contribution < 1.29 is 5.11 Å². The van der Waals surface area contributed by atoms with Crippen molar-refractivity contribution in [2.45, 2.75) is 0 Å². The van der Waals surface area contributed by atoms with Gasteiger partial charge in [-0.3, -0.25) is 4.57 Å². The number of aromatic hydroxyl groups is 1. The second-order valence-electron chi connectivity index (χ2n) is 5.31. The summed E-state index contributed by atoms with van der Waals surface area (Å²) >= 11 is 0. The zero-order valence-corrected chi connectivity index (χ0v) is 12.8. The summed E-state index contributed by atoms with van der Waals surface area (Å²) in [5, 5.41) is 20.5. The van der Waals surface area contributed by atoms with Gasteiger partial charge in [-0.15, -0.1) is 10.2 Å². The number of fused-ring (bicyclic) bond motifs is 2. The summed E-state index contributed by atoms with van der Waals surface area (Å²) in [6.45, 7) is 3.81. The second kappa shape index (κ2) is 5.62. The van der Waals surface area contributed by atoms with Gasteiger partial charge in [0.1, 0.15) is 11.4 Å². The van der Waals surface area contributed by atoms with E-state index >= 15 is 0 Å². The van der Waals surface area contributed by atoms with Crippen LogP contribution < -0.4 is 0 Å². The highest BCUT2D eigenvalue weighted by molar-refractivity contribution is 5.95. The van der Waals surface area contributed by atoms with Crippen LogP contribution in [0.1, 0.15) is 0 Å². The van der Waals surface area contributed by atoms with E-state index in [4.69, 9.17) is 0 Å². The Morgan fingerprint density at radius 1 is 0.958 bits per heavy atom. The lowest BCUT2D eigenvalue weighted by Crippen LogP contribution is -1.83. The van der Waals surface area contributed by atoms with Crippen LogP contribution in [-0.4, -0.2) is 14.7 Å². The van der Waals surface area contributed by atoms with Crippen molar-refractivity contribution in [1.29, 1.82) is 0 Å². The predicted octanol–water partition coefficient (Wildman–Crippen LogP) is 5.41. The van der Waals surface area contributed by atoms with Crippen molar-refractivity contribution in [3.63, 3.8) is 0 Å². The third-order valence-corrected chi connectivity index (χ3v) is 3.88. The molecule has 0 spiro atoms. The molecule has 0 fully saturated rings. The predicted molar refractivity (Wildman–Crippen MR) is 95.9 cm³/mol. The van der Waals surface area contributed by atoms with Crippen LogP contribution in [0.15, 0.2) is 77.5 Å². The van der Waals surface area contributed by atoms with E-state index in [2.05, 4.69) is 21.8 Å². The fraction of sp³-hybridized carbons (Fsp3) is 0. The van der Waals surface area contributed by atoms with E-state index in [0.717, 1.165) is 21.8 Å². The van der Waals surface area contributed by atoms with E-state index in [9.17, 15) is 5.11 Å². The number of rotatable bonds is 3. The molecule has 1 N–H and O–H groups in total. The van der Waals surface area contributed by atoms with Crippen molar-refractivity contribution in [3.8, 4) is 5.75 Å². The summed E-state index contributed by atoms with van der Waals surface area (Å²) in [7, 11) is 0. The number of hydrogen-bond donors (Lipinski definition) is 1. The molecule has 0 aliphatic rings. The van der Waals surface area contributed by atoms with Crippen LogP contribution in [0.3, 0.4) is 0 Å². The number of nitrogens with zero attached hydrogens (tertiary/aromatic N) is 4. The Kier molecular flexibility index (Phi) is 3.31. The van der Waals surface area contributed by atoms with Crippen molar-refractivity contribution in [1.82, 2.24) is 9.55 Å². The molecule has 4 rings (SSSR count). The Balaban J connectivity index is 1.87. The molecule has 0 aliphatic heterocycles. The highest BCUT2D eigenvalue weighted by atomic mass is 16.3. The highest BCUT2D eigenvalue weighted by Crippen LogP contribution is 2.36. The molecule has 0 unspecified atom stereocenters. The quantitative estimate of drug-likeness (QED) is 0.514. The minimum absolute atomic E-state index is 0.0821. The summed E-state index contributed by atoms with van der Waals surface area (Å²) < 4.78 is 1.76. The first-order valence-electron chi connectivity index (χ1n) is 7.50. The molecular weight excluding hydrogens is 300 g/mol. The summed E-state index contributed by atoms with van der Waals surface area (Å²) in [4.78, 5) is 4.46. The number of para-hydroxylation sites is 2. The lowest BCUT2D eigenvalue weighted by molar-refractivity contribution is 0.477. The van der Waals surface area contributed by atoms with Gasteiger partial charge in [-0.1, -0.05) is 49.0 Å². The summed E-state index contributed by atoms with van der Waals surface area (Å²) in [6, 6.07) is 18.9. The molecule has 1 heterocycles. The Morgan fingerprint density at radius 2 is 1.75 bits per heavy atom. The average molecular weight is 314 g/mol. The largest absolute Gasteiger partial charge is 0.506 e. The van der Waals surface area contributed by atoms with Gasteiger partial charge in [0, 0.05) is 11.6 Å². The van der Waals surface area contributed by atoms with Crippen LogP contribution in [0.25, 0.3) is 28.0 Å². The monoisotopic (exact) mass is 314 g/mol. The third-order valence-electron chi connectivity index (χ3n) is 3.88. The first-order valence-corrected chi connectivity index (χ1v) is 7.50. The maximum Gasteiger partial charge on any atom is 0.254 e. The Bertz CT molecular complexity index is 1100. The highest BCUT2D eigenvalue weighted by Gasteiger charge is 2.09. The normalized spacial score (nSPS) is 11.5. The fourth-order valence-electron chi connectivity index (χ4n) is 2.73. The fourth-order valence-corrected chi connectivity index (χ4v) is 2.73.